The zero-order valence-electron chi connectivity index (χ0n) is 14.4. The van der Waals surface area contributed by atoms with Crippen LogP contribution in [0.5, 0.6) is 0 Å². The van der Waals surface area contributed by atoms with Crippen LogP contribution in [0.3, 0.4) is 0 Å². The number of hydrogen-bond donors (Lipinski definition) is 2. The topological polar surface area (TPSA) is 79.4 Å². The van der Waals surface area contributed by atoms with Gasteiger partial charge in [-0.2, -0.15) is 0 Å². The summed E-state index contributed by atoms with van der Waals surface area (Å²) in [7, 11) is 0. The molecule has 1 aromatic heterocycles. The average molecular weight is 376 g/mol. The Morgan fingerprint density at radius 2 is 2.04 bits per heavy atom. The Morgan fingerprint density at radius 3 is 2.85 bits per heavy atom. The molecule has 26 heavy (non-hydrogen) atoms. The van der Waals surface area contributed by atoms with Gasteiger partial charge in [-0.05, 0) is 17.7 Å². The highest BCUT2D eigenvalue weighted by molar-refractivity contribution is 6.31. The van der Waals surface area contributed by atoms with E-state index in [1.54, 1.807) is 12.3 Å². The number of halogens is 1. The highest BCUT2D eigenvalue weighted by Crippen LogP contribution is 2.15. The van der Waals surface area contributed by atoms with Gasteiger partial charge in [0.25, 0.3) is 5.91 Å². The highest BCUT2D eigenvalue weighted by atomic mass is 35.5. The van der Waals surface area contributed by atoms with Crippen LogP contribution in [0.4, 0.5) is 5.95 Å². The summed E-state index contributed by atoms with van der Waals surface area (Å²) in [5, 5.41) is 6.67. The van der Waals surface area contributed by atoms with Crippen molar-refractivity contribution in [2.24, 2.45) is 0 Å². The van der Waals surface area contributed by atoms with Crippen molar-refractivity contribution in [3.8, 4) is 0 Å². The fourth-order valence-corrected chi connectivity index (χ4v) is 2.83. The van der Waals surface area contributed by atoms with E-state index >= 15 is 0 Å². The smallest absolute Gasteiger partial charge is 0.270 e. The van der Waals surface area contributed by atoms with Crippen molar-refractivity contribution in [3.63, 3.8) is 0 Å². The van der Waals surface area contributed by atoms with E-state index in [1.165, 1.54) is 0 Å². The lowest BCUT2D eigenvalue weighted by molar-refractivity contribution is 0.0383. The Morgan fingerprint density at radius 1 is 1.23 bits per heavy atom. The number of morpholine rings is 1. The summed E-state index contributed by atoms with van der Waals surface area (Å²) in [6.45, 7) is 5.17. The van der Waals surface area contributed by atoms with Crippen LogP contribution in [-0.2, 0) is 11.3 Å². The fraction of sp³-hybridized carbons (Fsp3) is 0.389. The number of benzene rings is 1. The quantitative estimate of drug-likeness (QED) is 0.768. The molecular weight excluding hydrogens is 354 g/mol. The minimum absolute atomic E-state index is 0.207. The minimum atomic E-state index is -0.207. The number of ether oxygens (including phenoxy) is 1. The molecule has 7 nitrogen and oxygen atoms in total. The van der Waals surface area contributed by atoms with Crippen molar-refractivity contribution >= 4 is 23.5 Å². The summed E-state index contributed by atoms with van der Waals surface area (Å²) >= 11 is 6.14. The van der Waals surface area contributed by atoms with Crippen molar-refractivity contribution in [3.05, 3.63) is 52.8 Å². The normalized spacial score (nSPS) is 14.8. The largest absolute Gasteiger partial charge is 0.379 e. The Balaban J connectivity index is 1.49. The number of anilines is 1. The second kappa shape index (κ2) is 9.47. The van der Waals surface area contributed by atoms with Crippen molar-refractivity contribution in [1.29, 1.82) is 0 Å². The first-order chi connectivity index (χ1) is 12.7. The molecule has 0 aliphatic carbocycles. The number of aromatic nitrogens is 2. The predicted molar refractivity (Wildman–Crippen MR) is 100 cm³/mol. The summed E-state index contributed by atoms with van der Waals surface area (Å²) < 4.78 is 5.31. The molecule has 3 rings (SSSR count). The number of amides is 1. The molecule has 2 heterocycles. The maximum absolute atomic E-state index is 12.3. The molecule has 0 spiro atoms. The Hall–Kier alpha value is -2.22. The van der Waals surface area contributed by atoms with E-state index in [-0.39, 0.29) is 5.91 Å². The molecule has 1 fully saturated rings. The second-order valence-electron chi connectivity index (χ2n) is 5.92. The average Bonchev–Trinajstić information content (AvgIpc) is 2.68. The molecule has 0 radical (unpaired) electrons. The molecule has 1 saturated heterocycles. The Kier molecular flexibility index (Phi) is 6.76. The van der Waals surface area contributed by atoms with E-state index < -0.39 is 0 Å². The summed E-state index contributed by atoms with van der Waals surface area (Å²) in [5.41, 5.74) is 1.28. The number of nitrogens with zero attached hydrogens (tertiary/aromatic N) is 3. The summed E-state index contributed by atoms with van der Waals surface area (Å²) in [6, 6.07) is 9.16. The third-order valence-corrected chi connectivity index (χ3v) is 4.47. The van der Waals surface area contributed by atoms with Crippen LogP contribution in [0.2, 0.25) is 5.02 Å². The van der Waals surface area contributed by atoms with Crippen molar-refractivity contribution in [2.75, 3.05) is 44.7 Å². The van der Waals surface area contributed by atoms with Gasteiger partial charge in [-0.3, -0.25) is 9.69 Å². The molecule has 0 bridgehead atoms. The second-order valence-corrected chi connectivity index (χ2v) is 6.33. The summed E-state index contributed by atoms with van der Waals surface area (Å²) in [6.07, 6.45) is 1.57. The van der Waals surface area contributed by atoms with E-state index in [9.17, 15) is 4.79 Å². The van der Waals surface area contributed by atoms with Crippen LogP contribution >= 0.6 is 11.6 Å². The molecule has 2 N–H and O–H groups in total. The number of hydrogen-bond acceptors (Lipinski definition) is 6. The molecular formula is C18H22ClN5O2. The van der Waals surface area contributed by atoms with Gasteiger partial charge in [0, 0.05) is 43.9 Å². The van der Waals surface area contributed by atoms with Gasteiger partial charge in [-0.1, -0.05) is 29.8 Å². The molecule has 1 aliphatic heterocycles. The molecule has 1 amide bonds. The summed E-state index contributed by atoms with van der Waals surface area (Å²) in [4.78, 5) is 23.0. The molecule has 8 heteroatoms. The van der Waals surface area contributed by atoms with Crippen molar-refractivity contribution in [1.82, 2.24) is 20.2 Å². The minimum Gasteiger partial charge on any atom is -0.379 e. The first-order valence-corrected chi connectivity index (χ1v) is 8.99. The maximum Gasteiger partial charge on any atom is 0.270 e. The van der Waals surface area contributed by atoms with Crippen LogP contribution in [-0.4, -0.2) is 60.2 Å². The zero-order chi connectivity index (χ0) is 18.2. The Labute approximate surface area is 157 Å². The third-order valence-electron chi connectivity index (χ3n) is 4.10. The third kappa shape index (κ3) is 5.39. The first-order valence-electron chi connectivity index (χ1n) is 8.61. The number of carbonyl (C=O) groups excluding carboxylic acids is 1. The van der Waals surface area contributed by atoms with Gasteiger partial charge in [-0.25, -0.2) is 9.97 Å². The van der Waals surface area contributed by atoms with E-state index in [1.807, 2.05) is 24.3 Å². The Bertz CT molecular complexity index is 737. The number of rotatable bonds is 7. The van der Waals surface area contributed by atoms with Gasteiger partial charge >= 0.3 is 0 Å². The SMILES string of the molecule is O=C(NCCN1CCOCC1)c1ccnc(NCc2ccccc2Cl)n1. The number of carbonyl (C=O) groups is 1. The van der Waals surface area contributed by atoms with Crippen LogP contribution in [0.15, 0.2) is 36.5 Å². The molecule has 0 saturated carbocycles. The van der Waals surface area contributed by atoms with Crippen LogP contribution in [0.25, 0.3) is 0 Å². The molecule has 2 aromatic rings. The zero-order valence-corrected chi connectivity index (χ0v) is 15.2. The lowest BCUT2D eigenvalue weighted by Crippen LogP contribution is -2.41. The van der Waals surface area contributed by atoms with Gasteiger partial charge in [0.05, 0.1) is 13.2 Å². The maximum atomic E-state index is 12.3. The van der Waals surface area contributed by atoms with Crippen molar-refractivity contribution < 1.29 is 9.53 Å². The van der Waals surface area contributed by atoms with Crippen LogP contribution in [0, 0.1) is 0 Å². The lowest BCUT2D eigenvalue weighted by atomic mass is 10.2. The molecule has 0 atom stereocenters. The fourth-order valence-electron chi connectivity index (χ4n) is 2.63. The monoisotopic (exact) mass is 375 g/mol. The van der Waals surface area contributed by atoms with Gasteiger partial charge in [0.2, 0.25) is 5.95 Å². The molecule has 1 aliphatic rings. The first kappa shape index (κ1) is 18.6. The molecule has 138 valence electrons. The summed E-state index contributed by atoms with van der Waals surface area (Å²) in [5.74, 6) is 0.187. The number of nitrogens with one attached hydrogen (secondary N) is 2. The lowest BCUT2D eigenvalue weighted by Gasteiger charge is -2.26. The van der Waals surface area contributed by atoms with Crippen LogP contribution in [0.1, 0.15) is 16.1 Å². The highest BCUT2D eigenvalue weighted by Gasteiger charge is 2.12. The van der Waals surface area contributed by atoms with E-state index in [2.05, 4.69) is 25.5 Å². The van der Waals surface area contributed by atoms with Crippen molar-refractivity contribution in [2.45, 2.75) is 6.54 Å². The van der Waals surface area contributed by atoms with E-state index in [4.69, 9.17) is 16.3 Å². The van der Waals surface area contributed by atoms with Crippen LogP contribution < -0.4 is 10.6 Å². The van der Waals surface area contributed by atoms with Gasteiger partial charge in [0.1, 0.15) is 5.69 Å². The van der Waals surface area contributed by atoms with Gasteiger partial charge in [0.15, 0.2) is 0 Å². The van der Waals surface area contributed by atoms with Gasteiger partial charge < -0.3 is 15.4 Å². The molecule has 1 aromatic carbocycles. The predicted octanol–water partition coefficient (Wildman–Crippen LogP) is 1.80. The standard InChI is InChI=1S/C18H22ClN5O2/c19-15-4-2-1-3-14(15)13-22-18-21-6-5-16(23-18)17(25)20-7-8-24-9-11-26-12-10-24/h1-6H,7-13H2,(H,20,25)(H,21,22,23). The van der Waals surface area contributed by atoms with E-state index in [0.29, 0.717) is 29.8 Å². The van der Waals surface area contributed by atoms with E-state index in [0.717, 1.165) is 38.4 Å². The molecule has 0 unspecified atom stereocenters. The van der Waals surface area contributed by atoms with Gasteiger partial charge in [-0.15, -0.1) is 0 Å².